The second-order valence-electron chi connectivity index (χ2n) is 5.06. The molecule has 0 bridgehead atoms. The summed E-state index contributed by atoms with van der Waals surface area (Å²) >= 11 is 6.01. The highest BCUT2D eigenvalue weighted by molar-refractivity contribution is 6.34. The van der Waals surface area contributed by atoms with Crippen molar-refractivity contribution in [3.63, 3.8) is 0 Å². The van der Waals surface area contributed by atoms with Crippen LogP contribution >= 0.6 is 11.6 Å². The normalized spacial score (nSPS) is 11.0. The first-order valence-corrected chi connectivity index (χ1v) is 7.45. The van der Waals surface area contributed by atoms with E-state index in [1.165, 1.54) is 18.2 Å². The zero-order chi connectivity index (χ0) is 17.7. The Morgan fingerprint density at radius 1 is 1.21 bits per heavy atom. The number of anilines is 1. The van der Waals surface area contributed by atoms with Crippen molar-refractivity contribution in [1.82, 2.24) is 0 Å². The monoisotopic (exact) mass is 345 g/mol. The molecule has 6 heteroatoms. The Morgan fingerprint density at radius 2 is 1.96 bits per heavy atom. The fraction of sp³-hybridized carbons (Fsp3) is 0.111. The Balaban J connectivity index is 2.21. The number of benzene rings is 2. The minimum absolute atomic E-state index is 0.0455. The molecule has 0 aliphatic rings. The summed E-state index contributed by atoms with van der Waals surface area (Å²) in [4.78, 5) is 23.3. The SMILES string of the molecule is COc1cccc(/C=C(\C)C(=O)Nc2cc(C(=O)O)ccc2Cl)c1. The van der Waals surface area contributed by atoms with Gasteiger partial charge in [-0.1, -0.05) is 23.7 Å². The summed E-state index contributed by atoms with van der Waals surface area (Å²) in [5.74, 6) is -0.776. The Hall–Kier alpha value is -2.79. The van der Waals surface area contributed by atoms with Crippen molar-refractivity contribution in [2.45, 2.75) is 6.92 Å². The van der Waals surface area contributed by atoms with Crippen LogP contribution in [0.1, 0.15) is 22.8 Å². The number of carbonyl (C=O) groups excluding carboxylic acids is 1. The van der Waals surface area contributed by atoms with Crippen molar-refractivity contribution in [3.8, 4) is 5.75 Å². The van der Waals surface area contributed by atoms with Gasteiger partial charge in [0.2, 0.25) is 0 Å². The second kappa shape index (κ2) is 7.66. The molecule has 2 aromatic carbocycles. The van der Waals surface area contributed by atoms with Crippen LogP contribution in [0.5, 0.6) is 5.75 Å². The number of hydrogen-bond acceptors (Lipinski definition) is 3. The summed E-state index contributed by atoms with van der Waals surface area (Å²) in [7, 11) is 1.57. The van der Waals surface area contributed by atoms with Crippen LogP contribution in [0.15, 0.2) is 48.0 Å². The molecule has 0 aromatic heterocycles. The standard InChI is InChI=1S/C18H16ClNO4/c1-11(8-12-4-3-5-14(9-12)24-2)17(21)20-16-10-13(18(22)23)6-7-15(16)19/h3-10H,1-2H3,(H,20,21)(H,22,23)/b11-8+. The van der Waals surface area contributed by atoms with Crippen molar-refractivity contribution < 1.29 is 19.4 Å². The van der Waals surface area contributed by atoms with Crippen molar-refractivity contribution >= 4 is 35.2 Å². The number of methoxy groups -OCH3 is 1. The molecule has 2 N–H and O–H groups in total. The van der Waals surface area contributed by atoms with Crippen LogP contribution < -0.4 is 10.1 Å². The summed E-state index contributed by atoms with van der Waals surface area (Å²) in [6.07, 6.45) is 1.70. The molecule has 0 unspecified atom stereocenters. The number of carboxylic acid groups (broad SMARTS) is 1. The van der Waals surface area contributed by atoms with Crippen molar-refractivity contribution in [1.29, 1.82) is 0 Å². The lowest BCUT2D eigenvalue weighted by Crippen LogP contribution is -2.13. The Kier molecular flexibility index (Phi) is 5.60. The first-order chi connectivity index (χ1) is 11.4. The van der Waals surface area contributed by atoms with Gasteiger partial charge < -0.3 is 15.2 Å². The minimum atomic E-state index is -1.09. The molecule has 0 aliphatic carbocycles. The van der Waals surface area contributed by atoms with E-state index in [0.29, 0.717) is 11.3 Å². The van der Waals surface area contributed by atoms with E-state index in [1.54, 1.807) is 26.2 Å². The highest BCUT2D eigenvalue weighted by atomic mass is 35.5. The summed E-state index contributed by atoms with van der Waals surface area (Å²) in [5, 5.41) is 11.9. The van der Waals surface area contributed by atoms with E-state index < -0.39 is 5.97 Å². The van der Waals surface area contributed by atoms with E-state index in [1.807, 2.05) is 18.2 Å². The third-order valence-electron chi connectivity index (χ3n) is 3.30. The number of nitrogens with one attached hydrogen (secondary N) is 1. The van der Waals surface area contributed by atoms with Gasteiger partial charge in [0.05, 0.1) is 23.4 Å². The number of carboxylic acids is 1. The fourth-order valence-electron chi connectivity index (χ4n) is 2.02. The number of aromatic carboxylic acids is 1. The number of hydrogen-bond donors (Lipinski definition) is 2. The lowest BCUT2D eigenvalue weighted by molar-refractivity contribution is -0.112. The molecule has 0 aliphatic heterocycles. The summed E-state index contributed by atoms with van der Waals surface area (Å²) in [5.41, 5.74) is 1.55. The maximum Gasteiger partial charge on any atom is 0.335 e. The molecule has 24 heavy (non-hydrogen) atoms. The van der Waals surface area contributed by atoms with Gasteiger partial charge in [-0.05, 0) is 48.9 Å². The quantitative estimate of drug-likeness (QED) is 0.800. The molecule has 0 atom stereocenters. The lowest BCUT2D eigenvalue weighted by Gasteiger charge is -2.09. The number of rotatable bonds is 5. The first-order valence-electron chi connectivity index (χ1n) is 7.07. The van der Waals surface area contributed by atoms with Gasteiger partial charge in [-0.2, -0.15) is 0 Å². The average Bonchev–Trinajstić information content (AvgIpc) is 2.56. The van der Waals surface area contributed by atoms with Crippen LogP contribution in [0.25, 0.3) is 6.08 Å². The molecule has 0 radical (unpaired) electrons. The van der Waals surface area contributed by atoms with Crippen molar-refractivity contribution in [2.75, 3.05) is 12.4 Å². The third-order valence-corrected chi connectivity index (χ3v) is 3.63. The molecule has 124 valence electrons. The predicted octanol–water partition coefficient (Wildman–Crippen LogP) is 4.09. The molecule has 0 heterocycles. The fourth-order valence-corrected chi connectivity index (χ4v) is 2.19. The van der Waals surface area contributed by atoms with E-state index in [4.69, 9.17) is 21.4 Å². The minimum Gasteiger partial charge on any atom is -0.497 e. The van der Waals surface area contributed by atoms with Crippen LogP contribution in [-0.2, 0) is 4.79 Å². The van der Waals surface area contributed by atoms with Gasteiger partial charge >= 0.3 is 5.97 Å². The molecular formula is C18H16ClNO4. The van der Waals surface area contributed by atoms with Crippen molar-refractivity contribution in [3.05, 3.63) is 64.2 Å². The predicted molar refractivity (Wildman–Crippen MR) is 93.7 cm³/mol. The Labute approximate surface area is 144 Å². The average molecular weight is 346 g/mol. The summed E-state index contributed by atoms with van der Waals surface area (Å²) in [6, 6.07) is 11.4. The Morgan fingerprint density at radius 3 is 2.62 bits per heavy atom. The van der Waals surface area contributed by atoms with Crippen LogP contribution in [-0.4, -0.2) is 24.1 Å². The Bertz CT molecular complexity index is 814. The maximum absolute atomic E-state index is 12.3. The molecule has 0 fully saturated rings. The van der Waals surface area contributed by atoms with E-state index in [-0.39, 0.29) is 22.2 Å². The topological polar surface area (TPSA) is 75.6 Å². The zero-order valence-electron chi connectivity index (χ0n) is 13.2. The molecule has 0 saturated carbocycles. The zero-order valence-corrected chi connectivity index (χ0v) is 13.9. The van der Waals surface area contributed by atoms with Gasteiger partial charge in [0, 0.05) is 5.57 Å². The van der Waals surface area contributed by atoms with Gasteiger partial charge in [-0.3, -0.25) is 4.79 Å². The van der Waals surface area contributed by atoms with E-state index in [0.717, 1.165) is 5.56 Å². The molecule has 2 rings (SSSR count). The lowest BCUT2D eigenvalue weighted by atomic mass is 10.1. The highest BCUT2D eigenvalue weighted by Crippen LogP contribution is 2.24. The number of halogens is 1. The van der Waals surface area contributed by atoms with Gasteiger partial charge in [0.1, 0.15) is 5.75 Å². The van der Waals surface area contributed by atoms with Crippen LogP contribution in [0.4, 0.5) is 5.69 Å². The molecule has 2 aromatic rings. The third kappa shape index (κ3) is 4.36. The van der Waals surface area contributed by atoms with E-state index >= 15 is 0 Å². The number of carbonyl (C=O) groups is 2. The van der Waals surface area contributed by atoms with Gasteiger partial charge in [-0.15, -0.1) is 0 Å². The molecule has 5 nitrogen and oxygen atoms in total. The smallest absolute Gasteiger partial charge is 0.335 e. The first kappa shape index (κ1) is 17.6. The highest BCUT2D eigenvalue weighted by Gasteiger charge is 2.11. The van der Waals surface area contributed by atoms with Crippen LogP contribution in [0.3, 0.4) is 0 Å². The molecule has 1 amide bonds. The van der Waals surface area contributed by atoms with Gasteiger partial charge in [0.25, 0.3) is 5.91 Å². The largest absolute Gasteiger partial charge is 0.497 e. The van der Waals surface area contributed by atoms with E-state index in [2.05, 4.69) is 5.32 Å². The van der Waals surface area contributed by atoms with Crippen LogP contribution in [0, 0.1) is 0 Å². The van der Waals surface area contributed by atoms with E-state index in [9.17, 15) is 9.59 Å². The number of ether oxygens (including phenoxy) is 1. The summed E-state index contributed by atoms with van der Waals surface area (Å²) < 4.78 is 5.14. The number of amides is 1. The van der Waals surface area contributed by atoms with Crippen LogP contribution in [0.2, 0.25) is 5.02 Å². The van der Waals surface area contributed by atoms with Gasteiger partial charge in [-0.25, -0.2) is 4.79 Å². The maximum atomic E-state index is 12.3. The molecule has 0 spiro atoms. The second-order valence-corrected chi connectivity index (χ2v) is 5.47. The molecular weight excluding hydrogens is 330 g/mol. The molecule has 0 saturated heterocycles. The van der Waals surface area contributed by atoms with Gasteiger partial charge in [0.15, 0.2) is 0 Å². The summed E-state index contributed by atoms with van der Waals surface area (Å²) in [6.45, 7) is 1.66. The van der Waals surface area contributed by atoms with Crippen molar-refractivity contribution in [2.24, 2.45) is 0 Å².